The minimum atomic E-state index is 0.0844. The van der Waals surface area contributed by atoms with Crippen LogP contribution >= 0.6 is 0 Å². The normalized spacial score (nSPS) is 21.0. The minimum Gasteiger partial charge on any atom is -0.463 e. The first-order chi connectivity index (χ1) is 6.27. The van der Waals surface area contributed by atoms with E-state index in [-0.39, 0.29) is 6.04 Å². The molecule has 0 radical (unpaired) electrons. The molecular formula is C10H12N2O. The van der Waals surface area contributed by atoms with Crippen LogP contribution in [0.3, 0.4) is 0 Å². The van der Waals surface area contributed by atoms with Crippen molar-refractivity contribution in [1.82, 2.24) is 0 Å². The van der Waals surface area contributed by atoms with Crippen molar-refractivity contribution in [1.29, 1.82) is 0 Å². The van der Waals surface area contributed by atoms with E-state index in [1.807, 2.05) is 12.1 Å². The number of nitrogens with two attached hydrogens (primary N) is 1. The van der Waals surface area contributed by atoms with Gasteiger partial charge >= 0.3 is 0 Å². The Morgan fingerprint density at radius 3 is 2.85 bits per heavy atom. The summed E-state index contributed by atoms with van der Waals surface area (Å²) in [5.41, 5.74) is 7.87. The summed E-state index contributed by atoms with van der Waals surface area (Å²) in [4.78, 5) is 4.19. The van der Waals surface area contributed by atoms with Crippen molar-refractivity contribution in [3.63, 3.8) is 0 Å². The fraction of sp³-hybridized carbons (Fsp3) is 0.300. The Morgan fingerprint density at radius 1 is 1.46 bits per heavy atom. The van der Waals surface area contributed by atoms with Gasteiger partial charge in [0.15, 0.2) is 0 Å². The molecule has 0 amide bonds. The van der Waals surface area contributed by atoms with E-state index in [2.05, 4.69) is 24.0 Å². The molecule has 1 aliphatic rings. The summed E-state index contributed by atoms with van der Waals surface area (Å²) in [6.07, 6.45) is 0. The number of rotatable bonds is 1. The van der Waals surface area contributed by atoms with Gasteiger partial charge in [0.1, 0.15) is 12.6 Å². The van der Waals surface area contributed by atoms with Gasteiger partial charge in [-0.25, -0.2) is 4.99 Å². The van der Waals surface area contributed by atoms with E-state index < -0.39 is 0 Å². The molecule has 0 aliphatic carbocycles. The van der Waals surface area contributed by atoms with E-state index in [4.69, 9.17) is 10.5 Å². The van der Waals surface area contributed by atoms with Crippen molar-refractivity contribution < 1.29 is 4.74 Å². The highest BCUT2D eigenvalue weighted by atomic mass is 16.5. The lowest BCUT2D eigenvalue weighted by atomic mass is 10.0. The molecule has 0 aromatic heterocycles. The molecule has 0 bridgehead atoms. The number of amidine groups is 1. The van der Waals surface area contributed by atoms with Crippen molar-refractivity contribution in [3.05, 3.63) is 35.4 Å². The monoisotopic (exact) mass is 176 g/mol. The lowest BCUT2D eigenvalue weighted by Crippen LogP contribution is -2.10. The van der Waals surface area contributed by atoms with Gasteiger partial charge in [-0.05, 0) is 18.1 Å². The SMILES string of the molecule is Cc1ccccc1[C@@H]1COC(N)=N1. The summed E-state index contributed by atoms with van der Waals surface area (Å²) in [5, 5.41) is 0. The van der Waals surface area contributed by atoms with Gasteiger partial charge in [-0.15, -0.1) is 0 Å². The van der Waals surface area contributed by atoms with E-state index in [0.717, 1.165) is 0 Å². The van der Waals surface area contributed by atoms with Crippen molar-refractivity contribution >= 4 is 6.02 Å². The van der Waals surface area contributed by atoms with Crippen LogP contribution in [0, 0.1) is 6.92 Å². The van der Waals surface area contributed by atoms with Crippen molar-refractivity contribution in [3.8, 4) is 0 Å². The van der Waals surface area contributed by atoms with Crippen molar-refractivity contribution in [2.45, 2.75) is 13.0 Å². The second-order valence-electron chi connectivity index (χ2n) is 3.15. The lowest BCUT2D eigenvalue weighted by Gasteiger charge is -2.07. The van der Waals surface area contributed by atoms with Crippen LogP contribution in [0.2, 0.25) is 0 Å². The first-order valence-corrected chi connectivity index (χ1v) is 4.29. The number of nitrogens with zero attached hydrogens (tertiary/aromatic N) is 1. The number of aliphatic imine (C=N–C) groups is 1. The summed E-state index contributed by atoms with van der Waals surface area (Å²) in [6.45, 7) is 2.63. The Labute approximate surface area is 77.2 Å². The molecule has 68 valence electrons. The first kappa shape index (κ1) is 8.10. The lowest BCUT2D eigenvalue weighted by molar-refractivity contribution is 0.315. The summed E-state index contributed by atoms with van der Waals surface area (Å²) in [7, 11) is 0. The molecule has 1 aromatic carbocycles. The topological polar surface area (TPSA) is 47.6 Å². The summed E-state index contributed by atoms with van der Waals surface area (Å²) >= 11 is 0. The van der Waals surface area contributed by atoms with Gasteiger partial charge in [0.05, 0.1) is 0 Å². The molecule has 2 rings (SSSR count). The largest absolute Gasteiger partial charge is 0.463 e. The van der Waals surface area contributed by atoms with Gasteiger partial charge in [0, 0.05) is 0 Å². The molecule has 3 nitrogen and oxygen atoms in total. The third-order valence-corrected chi connectivity index (χ3v) is 2.22. The molecule has 2 N–H and O–H groups in total. The van der Waals surface area contributed by atoms with E-state index in [1.165, 1.54) is 11.1 Å². The summed E-state index contributed by atoms with van der Waals surface area (Å²) < 4.78 is 5.10. The first-order valence-electron chi connectivity index (χ1n) is 4.29. The summed E-state index contributed by atoms with van der Waals surface area (Å²) in [5.74, 6) is 0. The van der Waals surface area contributed by atoms with Crippen LogP contribution in [0.4, 0.5) is 0 Å². The molecule has 1 aliphatic heterocycles. The smallest absolute Gasteiger partial charge is 0.282 e. The Hall–Kier alpha value is -1.51. The van der Waals surface area contributed by atoms with Gasteiger partial charge in [-0.1, -0.05) is 24.3 Å². The number of ether oxygens (including phenoxy) is 1. The fourth-order valence-corrected chi connectivity index (χ4v) is 1.51. The van der Waals surface area contributed by atoms with Gasteiger partial charge in [-0.3, -0.25) is 0 Å². The predicted molar refractivity (Wildman–Crippen MR) is 51.5 cm³/mol. The van der Waals surface area contributed by atoms with Crippen LogP contribution in [-0.2, 0) is 4.74 Å². The quantitative estimate of drug-likeness (QED) is 0.702. The van der Waals surface area contributed by atoms with Crippen LogP contribution in [0.15, 0.2) is 29.3 Å². The van der Waals surface area contributed by atoms with E-state index >= 15 is 0 Å². The van der Waals surface area contributed by atoms with Crippen LogP contribution in [0.1, 0.15) is 17.2 Å². The molecule has 1 atom stereocenters. The van der Waals surface area contributed by atoms with Crippen molar-refractivity contribution in [2.75, 3.05) is 6.61 Å². The maximum absolute atomic E-state index is 5.44. The Balaban J connectivity index is 2.31. The zero-order valence-corrected chi connectivity index (χ0v) is 7.53. The van der Waals surface area contributed by atoms with Gasteiger partial charge in [-0.2, -0.15) is 0 Å². The van der Waals surface area contributed by atoms with Crippen LogP contribution < -0.4 is 5.73 Å². The highest BCUT2D eigenvalue weighted by molar-refractivity contribution is 5.73. The third-order valence-electron chi connectivity index (χ3n) is 2.22. The van der Waals surface area contributed by atoms with Gasteiger partial charge < -0.3 is 10.5 Å². The minimum absolute atomic E-state index is 0.0844. The molecular weight excluding hydrogens is 164 g/mol. The Bertz CT molecular complexity index is 347. The fourth-order valence-electron chi connectivity index (χ4n) is 1.51. The molecule has 13 heavy (non-hydrogen) atoms. The zero-order chi connectivity index (χ0) is 9.26. The average molecular weight is 176 g/mol. The van der Waals surface area contributed by atoms with Gasteiger partial charge in [0.2, 0.25) is 0 Å². The average Bonchev–Trinajstić information content (AvgIpc) is 2.53. The molecule has 0 fully saturated rings. The maximum Gasteiger partial charge on any atom is 0.282 e. The standard InChI is InChI=1S/C10H12N2O/c1-7-4-2-3-5-8(7)9-6-13-10(11)12-9/h2-5,9H,6H2,1H3,(H2,11,12)/t9-/m0/s1. The molecule has 1 aromatic rings. The number of aryl methyl sites for hydroxylation is 1. The van der Waals surface area contributed by atoms with Crippen LogP contribution in [0.25, 0.3) is 0 Å². The highest BCUT2D eigenvalue weighted by Crippen LogP contribution is 2.24. The van der Waals surface area contributed by atoms with Crippen LogP contribution in [-0.4, -0.2) is 12.6 Å². The maximum atomic E-state index is 5.44. The van der Waals surface area contributed by atoms with E-state index in [9.17, 15) is 0 Å². The van der Waals surface area contributed by atoms with E-state index in [0.29, 0.717) is 12.6 Å². The molecule has 3 heteroatoms. The molecule has 0 saturated heterocycles. The second kappa shape index (κ2) is 3.09. The Morgan fingerprint density at radius 2 is 2.23 bits per heavy atom. The number of hydrogen-bond donors (Lipinski definition) is 1. The number of hydrogen-bond acceptors (Lipinski definition) is 3. The molecule has 0 saturated carbocycles. The molecule has 0 spiro atoms. The zero-order valence-electron chi connectivity index (χ0n) is 7.53. The van der Waals surface area contributed by atoms with Crippen LogP contribution in [0.5, 0.6) is 0 Å². The highest BCUT2D eigenvalue weighted by Gasteiger charge is 2.19. The molecule has 1 heterocycles. The number of benzene rings is 1. The summed E-state index contributed by atoms with van der Waals surface area (Å²) in [6, 6.07) is 8.54. The molecule has 0 unspecified atom stereocenters. The second-order valence-corrected chi connectivity index (χ2v) is 3.15. The third kappa shape index (κ3) is 1.49. The predicted octanol–water partition coefficient (Wildman–Crippen LogP) is 1.38. The van der Waals surface area contributed by atoms with E-state index in [1.54, 1.807) is 0 Å². The van der Waals surface area contributed by atoms with Crippen molar-refractivity contribution in [2.24, 2.45) is 10.7 Å². The Kier molecular flexibility index (Phi) is 1.93. The van der Waals surface area contributed by atoms with Gasteiger partial charge in [0.25, 0.3) is 6.02 Å².